The first-order valence-electron chi connectivity index (χ1n) is 10.4. The smallest absolute Gasteiger partial charge is 0.223 e. The molecular weight excluding hydrogens is 345 g/mol. The largest absolute Gasteiger partial charge is 0.377 e. The minimum Gasteiger partial charge on any atom is -0.377 e. The molecule has 1 amide bonds. The van der Waals surface area contributed by atoms with E-state index in [9.17, 15) is 9.18 Å². The first-order chi connectivity index (χ1) is 13.1. The molecule has 5 heteroatoms. The van der Waals surface area contributed by atoms with Crippen molar-refractivity contribution in [2.45, 2.75) is 57.2 Å². The lowest BCUT2D eigenvalue weighted by Crippen LogP contribution is -2.63. The van der Waals surface area contributed by atoms with Crippen molar-refractivity contribution in [1.29, 1.82) is 0 Å². The zero-order chi connectivity index (χ0) is 18.7. The third-order valence-electron chi connectivity index (χ3n) is 6.42. The van der Waals surface area contributed by atoms with Gasteiger partial charge in [0.05, 0.1) is 26.3 Å². The quantitative estimate of drug-likeness (QED) is 0.678. The van der Waals surface area contributed by atoms with E-state index in [0.29, 0.717) is 36.5 Å². The Labute approximate surface area is 161 Å². The monoisotopic (exact) mass is 375 g/mol. The number of ether oxygens (including phenoxy) is 2. The molecule has 3 fully saturated rings. The van der Waals surface area contributed by atoms with E-state index >= 15 is 0 Å². The summed E-state index contributed by atoms with van der Waals surface area (Å²) in [5.41, 5.74) is 0.494. The third-order valence-corrected chi connectivity index (χ3v) is 6.42. The van der Waals surface area contributed by atoms with Crippen molar-refractivity contribution in [1.82, 2.24) is 4.90 Å². The van der Waals surface area contributed by atoms with Gasteiger partial charge in [-0.05, 0) is 43.6 Å². The molecule has 1 aromatic carbocycles. The number of benzene rings is 1. The molecule has 1 spiro atoms. The number of likely N-dealkylation sites (tertiary alicyclic amines) is 1. The molecule has 1 saturated carbocycles. The van der Waals surface area contributed by atoms with Crippen LogP contribution in [0.3, 0.4) is 0 Å². The number of carbonyl (C=O) groups excluding carboxylic acids is 1. The Morgan fingerprint density at radius 2 is 2.00 bits per heavy atom. The molecule has 2 aliphatic heterocycles. The van der Waals surface area contributed by atoms with E-state index in [2.05, 4.69) is 0 Å². The second kappa shape index (κ2) is 8.27. The highest BCUT2D eigenvalue weighted by Gasteiger charge is 2.51. The van der Waals surface area contributed by atoms with E-state index in [0.717, 1.165) is 39.0 Å². The summed E-state index contributed by atoms with van der Waals surface area (Å²) in [4.78, 5) is 14.4. The highest BCUT2D eigenvalue weighted by molar-refractivity contribution is 5.77. The summed E-state index contributed by atoms with van der Waals surface area (Å²) in [6.45, 7) is 3.18. The molecular formula is C22H30FNO3. The summed E-state index contributed by atoms with van der Waals surface area (Å²) in [7, 11) is 0. The first kappa shape index (κ1) is 18.9. The van der Waals surface area contributed by atoms with Gasteiger partial charge in [0, 0.05) is 18.6 Å². The third kappa shape index (κ3) is 4.52. The number of nitrogens with zero attached hydrogens (tertiary/aromatic N) is 1. The van der Waals surface area contributed by atoms with E-state index in [4.69, 9.17) is 9.47 Å². The lowest BCUT2D eigenvalue weighted by atomic mass is 9.85. The van der Waals surface area contributed by atoms with Crippen LogP contribution >= 0.6 is 0 Å². The summed E-state index contributed by atoms with van der Waals surface area (Å²) in [5.74, 6) is 1.18. The average molecular weight is 375 g/mol. The molecule has 148 valence electrons. The summed E-state index contributed by atoms with van der Waals surface area (Å²) in [5, 5.41) is 0. The van der Waals surface area contributed by atoms with E-state index in [1.165, 1.54) is 31.7 Å². The van der Waals surface area contributed by atoms with Gasteiger partial charge in [0.2, 0.25) is 5.91 Å². The zero-order valence-corrected chi connectivity index (χ0v) is 16.0. The lowest BCUT2D eigenvalue weighted by Gasteiger charge is -2.47. The second-order valence-electron chi connectivity index (χ2n) is 8.60. The summed E-state index contributed by atoms with van der Waals surface area (Å²) >= 11 is 0. The number of hydrogen-bond donors (Lipinski definition) is 0. The zero-order valence-electron chi connectivity index (χ0n) is 16.0. The van der Waals surface area contributed by atoms with Gasteiger partial charge in [0.25, 0.3) is 0 Å². The molecule has 1 unspecified atom stereocenters. The predicted octanol–water partition coefficient (Wildman–Crippen LogP) is 3.93. The maximum atomic E-state index is 13.6. The Morgan fingerprint density at radius 3 is 2.78 bits per heavy atom. The fourth-order valence-corrected chi connectivity index (χ4v) is 4.81. The average Bonchev–Trinajstić information content (AvgIpc) is 3.28. The van der Waals surface area contributed by atoms with E-state index < -0.39 is 0 Å². The molecule has 2 heterocycles. The van der Waals surface area contributed by atoms with Crippen LogP contribution in [0.15, 0.2) is 24.3 Å². The van der Waals surface area contributed by atoms with Gasteiger partial charge in [0.15, 0.2) is 0 Å². The van der Waals surface area contributed by atoms with Gasteiger partial charge in [-0.1, -0.05) is 31.0 Å². The van der Waals surface area contributed by atoms with Gasteiger partial charge >= 0.3 is 0 Å². The van der Waals surface area contributed by atoms with Crippen LogP contribution in [0.5, 0.6) is 0 Å². The molecule has 4 nitrogen and oxygen atoms in total. The Hall–Kier alpha value is -1.46. The van der Waals surface area contributed by atoms with Crippen LogP contribution < -0.4 is 0 Å². The van der Waals surface area contributed by atoms with Crippen molar-refractivity contribution in [3.05, 3.63) is 35.6 Å². The second-order valence-corrected chi connectivity index (χ2v) is 8.60. The fourth-order valence-electron chi connectivity index (χ4n) is 4.81. The molecule has 0 aromatic heterocycles. The van der Waals surface area contributed by atoms with Crippen LogP contribution in [0.25, 0.3) is 0 Å². The van der Waals surface area contributed by atoms with Crippen molar-refractivity contribution in [3.63, 3.8) is 0 Å². The van der Waals surface area contributed by atoms with Crippen molar-refractivity contribution < 1.29 is 18.7 Å². The highest BCUT2D eigenvalue weighted by Crippen LogP contribution is 2.40. The molecule has 1 atom stereocenters. The molecule has 4 rings (SSSR count). The number of carbonyl (C=O) groups is 1. The van der Waals surface area contributed by atoms with Crippen LogP contribution in [-0.4, -0.2) is 42.7 Å². The fraction of sp³-hybridized carbons (Fsp3) is 0.682. The molecule has 27 heavy (non-hydrogen) atoms. The molecule has 3 aliphatic rings. The maximum Gasteiger partial charge on any atom is 0.223 e. The Morgan fingerprint density at radius 1 is 1.22 bits per heavy atom. The highest BCUT2D eigenvalue weighted by atomic mass is 19.1. The number of hydrogen-bond acceptors (Lipinski definition) is 3. The summed E-state index contributed by atoms with van der Waals surface area (Å²) in [6, 6.07) is 6.74. The van der Waals surface area contributed by atoms with Crippen LogP contribution in [0.2, 0.25) is 0 Å². The van der Waals surface area contributed by atoms with Gasteiger partial charge in [-0.2, -0.15) is 0 Å². The topological polar surface area (TPSA) is 38.8 Å². The molecule has 1 aromatic rings. The van der Waals surface area contributed by atoms with Crippen LogP contribution in [0, 0.1) is 17.7 Å². The molecule has 0 N–H and O–H groups in total. The Balaban J connectivity index is 1.13. The van der Waals surface area contributed by atoms with E-state index in [1.807, 2.05) is 11.0 Å². The minimum atomic E-state index is -0.211. The van der Waals surface area contributed by atoms with Crippen LogP contribution in [0.4, 0.5) is 4.39 Å². The number of halogens is 1. The van der Waals surface area contributed by atoms with Gasteiger partial charge in [-0.15, -0.1) is 0 Å². The summed E-state index contributed by atoms with van der Waals surface area (Å²) < 4.78 is 25.3. The molecule has 0 bridgehead atoms. The predicted molar refractivity (Wildman–Crippen MR) is 101 cm³/mol. The van der Waals surface area contributed by atoms with Crippen molar-refractivity contribution in [2.75, 3.05) is 26.3 Å². The first-order valence-corrected chi connectivity index (χ1v) is 10.4. The lowest BCUT2D eigenvalue weighted by molar-refractivity contribution is -0.158. The van der Waals surface area contributed by atoms with Crippen molar-refractivity contribution in [2.24, 2.45) is 11.8 Å². The number of amides is 1. The Kier molecular flexibility index (Phi) is 5.79. The molecule has 1 aliphatic carbocycles. The van der Waals surface area contributed by atoms with Crippen molar-refractivity contribution >= 4 is 5.91 Å². The standard InChI is InChI=1S/C22H30FNO3/c23-20-8-4-3-7-19(20)14-26-10-9-18-12-22(27-13-18)15-24(16-22)21(25)11-17-5-1-2-6-17/h3-4,7-8,17-18H,1-2,5-6,9-16H2. The SMILES string of the molecule is O=C(CC1CCCC1)N1CC2(CC(CCOCc3ccccc3F)CO2)C1. The molecule has 0 radical (unpaired) electrons. The van der Waals surface area contributed by atoms with Crippen LogP contribution in [0.1, 0.15) is 50.5 Å². The number of rotatable bonds is 7. The van der Waals surface area contributed by atoms with E-state index in [1.54, 1.807) is 12.1 Å². The van der Waals surface area contributed by atoms with Gasteiger partial charge < -0.3 is 14.4 Å². The Bertz CT molecular complexity index is 653. The minimum absolute atomic E-state index is 0.110. The van der Waals surface area contributed by atoms with Crippen LogP contribution in [-0.2, 0) is 20.9 Å². The maximum absolute atomic E-state index is 13.6. The van der Waals surface area contributed by atoms with Gasteiger partial charge in [-0.3, -0.25) is 4.79 Å². The normalized spacial score (nSPS) is 24.5. The molecule has 2 saturated heterocycles. The summed E-state index contributed by atoms with van der Waals surface area (Å²) in [6.07, 6.45) is 7.66. The van der Waals surface area contributed by atoms with Gasteiger partial charge in [0.1, 0.15) is 11.4 Å². The van der Waals surface area contributed by atoms with Gasteiger partial charge in [-0.25, -0.2) is 4.39 Å². The van der Waals surface area contributed by atoms with Crippen molar-refractivity contribution in [3.8, 4) is 0 Å². The van der Waals surface area contributed by atoms with E-state index in [-0.39, 0.29) is 11.4 Å².